The molecule has 1 amide bonds. The third-order valence-corrected chi connectivity index (χ3v) is 3.79. The number of methoxy groups -OCH3 is 1. The van der Waals surface area contributed by atoms with Gasteiger partial charge in [0.25, 0.3) is 5.91 Å². The Hall–Kier alpha value is -3.41. The van der Waals surface area contributed by atoms with E-state index in [4.69, 9.17) is 4.74 Å². The summed E-state index contributed by atoms with van der Waals surface area (Å²) in [5.41, 5.74) is 2.33. The van der Waals surface area contributed by atoms with Gasteiger partial charge in [-0.25, -0.2) is 9.97 Å². The smallest absolute Gasteiger partial charge is 0.271 e. The molecule has 3 rings (SSSR count). The van der Waals surface area contributed by atoms with Crippen LogP contribution in [-0.4, -0.2) is 29.5 Å². The monoisotopic (exact) mass is 348 g/mol. The standard InChI is InChI=1S/C20H20N4O2/c1-26-17-9-7-16(8-10-17)24-19-14-22-18(13-23-19)20(25)21-12-11-15-5-3-2-4-6-15/h2-10,13-14H,11-12H2,1H3,(H,21,25)(H,23,24). The summed E-state index contributed by atoms with van der Waals surface area (Å²) < 4.78 is 5.12. The number of benzene rings is 2. The molecule has 0 saturated carbocycles. The minimum absolute atomic E-state index is 0.232. The van der Waals surface area contributed by atoms with Crippen LogP contribution >= 0.6 is 0 Å². The second kappa shape index (κ2) is 8.62. The first-order chi connectivity index (χ1) is 12.7. The normalized spacial score (nSPS) is 10.2. The van der Waals surface area contributed by atoms with Gasteiger partial charge in [-0.15, -0.1) is 0 Å². The third kappa shape index (κ3) is 4.80. The van der Waals surface area contributed by atoms with Gasteiger partial charge in [-0.1, -0.05) is 30.3 Å². The van der Waals surface area contributed by atoms with Crippen molar-refractivity contribution < 1.29 is 9.53 Å². The van der Waals surface area contributed by atoms with Gasteiger partial charge in [0, 0.05) is 12.2 Å². The zero-order valence-corrected chi connectivity index (χ0v) is 14.5. The molecule has 0 spiro atoms. The number of ether oxygens (including phenoxy) is 1. The van der Waals surface area contributed by atoms with Crippen molar-refractivity contribution in [1.29, 1.82) is 0 Å². The Morgan fingerprint density at radius 2 is 1.77 bits per heavy atom. The number of rotatable bonds is 7. The molecule has 0 radical (unpaired) electrons. The van der Waals surface area contributed by atoms with Gasteiger partial charge in [-0.05, 0) is 36.2 Å². The quantitative estimate of drug-likeness (QED) is 0.686. The van der Waals surface area contributed by atoms with E-state index in [1.54, 1.807) is 7.11 Å². The Morgan fingerprint density at radius 3 is 2.42 bits per heavy atom. The molecule has 3 aromatic rings. The highest BCUT2D eigenvalue weighted by Crippen LogP contribution is 2.18. The van der Waals surface area contributed by atoms with E-state index >= 15 is 0 Å². The Balaban J connectivity index is 1.52. The van der Waals surface area contributed by atoms with E-state index in [0.29, 0.717) is 18.1 Å². The average Bonchev–Trinajstić information content (AvgIpc) is 2.70. The summed E-state index contributed by atoms with van der Waals surface area (Å²) in [6, 6.07) is 17.5. The van der Waals surface area contributed by atoms with Crippen LogP contribution in [0.2, 0.25) is 0 Å². The van der Waals surface area contributed by atoms with Crippen molar-refractivity contribution in [3.63, 3.8) is 0 Å². The number of aromatic nitrogens is 2. The number of carbonyl (C=O) groups is 1. The first-order valence-corrected chi connectivity index (χ1v) is 8.30. The molecule has 26 heavy (non-hydrogen) atoms. The minimum atomic E-state index is -0.232. The number of hydrogen-bond acceptors (Lipinski definition) is 5. The zero-order chi connectivity index (χ0) is 18.2. The van der Waals surface area contributed by atoms with Crippen molar-refractivity contribution in [3.8, 4) is 5.75 Å². The topological polar surface area (TPSA) is 76.1 Å². The SMILES string of the molecule is COc1ccc(Nc2cnc(C(=O)NCCc3ccccc3)cn2)cc1. The second-order valence-electron chi connectivity index (χ2n) is 5.63. The molecule has 2 aromatic carbocycles. The first kappa shape index (κ1) is 17.4. The molecule has 6 heteroatoms. The maximum absolute atomic E-state index is 12.1. The molecule has 0 aliphatic heterocycles. The molecule has 1 heterocycles. The number of hydrogen-bond donors (Lipinski definition) is 2. The van der Waals surface area contributed by atoms with E-state index in [1.165, 1.54) is 18.0 Å². The number of carbonyl (C=O) groups excluding carboxylic acids is 1. The van der Waals surface area contributed by atoms with E-state index in [2.05, 4.69) is 20.6 Å². The molecule has 6 nitrogen and oxygen atoms in total. The predicted molar refractivity (Wildman–Crippen MR) is 101 cm³/mol. The van der Waals surface area contributed by atoms with Gasteiger partial charge in [0.1, 0.15) is 17.3 Å². The van der Waals surface area contributed by atoms with Crippen molar-refractivity contribution in [2.75, 3.05) is 19.0 Å². The highest BCUT2D eigenvalue weighted by Gasteiger charge is 2.07. The maximum atomic E-state index is 12.1. The highest BCUT2D eigenvalue weighted by atomic mass is 16.5. The van der Waals surface area contributed by atoms with Crippen molar-refractivity contribution in [3.05, 3.63) is 78.2 Å². The molecule has 0 unspecified atom stereocenters. The molecule has 0 atom stereocenters. The number of nitrogens with zero attached hydrogens (tertiary/aromatic N) is 2. The Bertz CT molecular complexity index is 834. The van der Waals surface area contributed by atoms with Crippen LogP contribution in [0.5, 0.6) is 5.75 Å². The molecule has 0 fully saturated rings. The molecule has 0 bridgehead atoms. The average molecular weight is 348 g/mol. The Kier molecular flexibility index (Phi) is 5.77. The predicted octanol–water partition coefficient (Wildman–Crippen LogP) is 3.20. The van der Waals surface area contributed by atoms with Crippen molar-refractivity contribution >= 4 is 17.4 Å². The van der Waals surface area contributed by atoms with Crippen molar-refractivity contribution in [1.82, 2.24) is 15.3 Å². The second-order valence-corrected chi connectivity index (χ2v) is 5.63. The fraction of sp³-hybridized carbons (Fsp3) is 0.150. The van der Waals surface area contributed by atoms with Crippen LogP contribution in [0.15, 0.2) is 67.0 Å². The molecular formula is C20H20N4O2. The number of anilines is 2. The summed E-state index contributed by atoms with van der Waals surface area (Å²) >= 11 is 0. The van der Waals surface area contributed by atoms with Crippen LogP contribution in [0.3, 0.4) is 0 Å². The Morgan fingerprint density at radius 1 is 1.00 bits per heavy atom. The zero-order valence-electron chi connectivity index (χ0n) is 14.5. The van der Waals surface area contributed by atoms with Crippen molar-refractivity contribution in [2.24, 2.45) is 0 Å². The van der Waals surface area contributed by atoms with Gasteiger partial charge in [0.2, 0.25) is 0 Å². The van der Waals surface area contributed by atoms with Gasteiger partial charge < -0.3 is 15.4 Å². The third-order valence-electron chi connectivity index (χ3n) is 3.79. The molecular weight excluding hydrogens is 328 g/mol. The minimum Gasteiger partial charge on any atom is -0.497 e. The number of nitrogens with one attached hydrogen (secondary N) is 2. The summed E-state index contributed by atoms with van der Waals surface area (Å²) in [4.78, 5) is 20.5. The summed E-state index contributed by atoms with van der Waals surface area (Å²) in [5.74, 6) is 1.12. The molecule has 0 aliphatic rings. The number of amides is 1. The summed E-state index contributed by atoms with van der Waals surface area (Å²) in [5, 5.41) is 5.98. The molecule has 1 aromatic heterocycles. The van der Waals surface area contributed by atoms with Gasteiger partial charge in [-0.2, -0.15) is 0 Å². The lowest BCUT2D eigenvalue weighted by molar-refractivity contribution is 0.0949. The lowest BCUT2D eigenvalue weighted by atomic mass is 10.1. The van der Waals surface area contributed by atoms with E-state index in [9.17, 15) is 4.79 Å². The maximum Gasteiger partial charge on any atom is 0.271 e. The summed E-state index contributed by atoms with van der Waals surface area (Å²) in [7, 11) is 1.62. The van der Waals surface area contributed by atoms with Crippen LogP contribution in [-0.2, 0) is 6.42 Å². The molecule has 0 aliphatic carbocycles. The van der Waals surface area contributed by atoms with E-state index in [-0.39, 0.29) is 5.91 Å². The van der Waals surface area contributed by atoms with Crippen LogP contribution in [0, 0.1) is 0 Å². The molecule has 132 valence electrons. The molecule has 0 saturated heterocycles. The van der Waals surface area contributed by atoms with Crippen LogP contribution in [0.25, 0.3) is 0 Å². The largest absolute Gasteiger partial charge is 0.497 e. The van der Waals surface area contributed by atoms with Gasteiger partial charge >= 0.3 is 0 Å². The fourth-order valence-corrected chi connectivity index (χ4v) is 2.39. The van der Waals surface area contributed by atoms with Crippen LogP contribution < -0.4 is 15.4 Å². The Labute approximate surface area is 152 Å². The van der Waals surface area contributed by atoms with E-state index < -0.39 is 0 Å². The van der Waals surface area contributed by atoms with Gasteiger partial charge in [0.05, 0.1) is 19.5 Å². The van der Waals surface area contributed by atoms with E-state index in [1.807, 2.05) is 54.6 Å². The highest BCUT2D eigenvalue weighted by molar-refractivity contribution is 5.92. The lowest BCUT2D eigenvalue weighted by Crippen LogP contribution is -2.26. The van der Waals surface area contributed by atoms with Crippen LogP contribution in [0.1, 0.15) is 16.1 Å². The lowest BCUT2D eigenvalue weighted by Gasteiger charge is -2.07. The van der Waals surface area contributed by atoms with Crippen molar-refractivity contribution in [2.45, 2.75) is 6.42 Å². The van der Waals surface area contributed by atoms with E-state index in [0.717, 1.165) is 17.9 Å². The van der Waals surface area contributed by atoms with Gasteiger partial charge in [-0.3, -0.25) is 4.79 Å². The fourth-order valence-electron chi connectivity index (χ4n) is 2.39. The summed E-state index contributed by atoms with van der Waals surface area (Å²) in [6.45, 7) is 0.552. The molecule has 2 N–H and O–H groups in total. The van der Waals surface area contributed by atoms with Gasteiger partial charge in [0.15, 0.2) is 0 Å². The summed E-state index contributed by atoms with van der Waals surface area (Å²) in [6.07, 6.45) is 3.77. The first-order valence-electron chi connectivity index (χ1n) is 8.30. The van der Waals surface area contributed by atoms with Crippen LogP contribution in [0.4, 0.5) is 11.5 Å².